The number of amides is 1. The van der Waals surface area contributed by atoms with Crippen molar-refractivity contribution >= 4 is 17.2 Å². The zero-order chi connectivity index (χ0) is 20.4. The van der Waals surface area contributed by atoms with Crippen LogP contribution in [0.3, 0.4) is 0 Å². The monoisotopic (exact) mass is 389 g/mol. The lowest BCUT2D eigenvalue weighted by molar-refractivity contribution is -0.121. The van der Waals surface area contributed by atoms with Crippen LogP contribution in [-0.4, -0.2) is 21.2 Å². The fourth-order valence-electron chi connectivity index (χ4n) is 2.91. The molecule has 0 aliphatic rings. The Kier molecular flexibility index (Phi) is 6.30. The Morgan fingerprint density at radius 2 is 1.63 bits per heavy atom. The van der Waals surface area contributed by atoms with E-state index in [9.17, 15) is 9.90 Å². The maximum Gasteiger partial charge on any atom is 0.220 e. The lowest BCUT2D eigenvalue weighted by Crippen LogP contribution is -2.23. The predicted molar refractivity (Wildman–Crippen MR) is 110 cm³/mol. The minimum absolute atomic E-state index is 0.00875. The molecule has 0 aliphatic heterocycles. The van der Waals surface area contributed by atoms with Crippen molar-refractivity contribution in [1.82, 2.24) is 15.5 Å². The highest BCUT2D eigenvalue weighted by atomic mass is 32.1. The number of hydrogen-bond acceptors (Lipinski definition) is 5. The van der Waals surface area contributed by atoms with Crippen LogP contribution < -0.4 is 5.32 Å². The minimum atomic E-state index is -0.169. The number of phenolic OH excluding ortho intramolecular Hbond substituents is 1. The van der Waals surface area contributed by atoms with E-state index in [2.05, 4.69) is 57.1 Å². The molecule has 0 unspecified atom stereocenters. The van der Waals surface area contributed by atoms with E-state index in [1.54, 1.807) is 0 Å². The number of rotatable bonds is 5. The van der Waals surface area contributed by atoms with Gasteiger partial charge < -0.3 is 10.4 Å². The second kappa shape index (κ2) is 7.97. The molecule has 2 N–H and O–H groups in total. The highest BCUT2D eigenvalue weighted by Crippen LogP contribution is 2.39. The summed E-state index contributed by atoms with van der Waals surface area (Å²) >= 11 is 1.49. The van der Waals surface area contributed by atoms with Crippen molar-refractivity contribution in [3.63, 3.8) is 0 Å². The van der Waals surface area contributed by atoms with Crippen LogP contribution in [0.4, 0.5) is 0 Å². The Balaban J connectivity index is 2.12. The summed E-state index contributed by atoms with van der Waals surface area (Å²) in [4.78, 5) is 12.2. The molecule has 6 heteroatoms. The summed E-state index contributed by atoms with van der Waals surface area (Å²) in [6, 6.07) is 4.07. The molecule has 0 radical (unpaired) electrons. The van der Waals surface area contributed by atoms with Gasteiger partial charge in [-0.3, -0.25) is 4.79 Å². The molecule has 0 saturated carbocycles. The van der Waals surface area contributed by atoms with Crippen molar-refractivity contribution in [2.75, 3.05) is 0 Å². The summed E-state index contributed by atoms with van der Waals surface area (Å²) in [5.74, 6) is 0.361. The summed E-state index contributed by atoms with van der Waals surface area (Å²) in [5, 5.41) is 23.4. The van der Waals surface area contributed by atoms with E-state index in [0.717, 1.165) is 26.7 Å². The van der Waals surface area contributed by atoms with Gasteiger partial charge in [-0.1, -0.05) is 65.0 Å². The quantitative estimate of drug-likeness (QED) is 0.795. The van der Waals surface area contributed by atoms with Gasteiger partial charge in [-0.05, 0) is 40.9 Å². The molecular formula is C21H31N3O2S. The Hall–Kier alpha value is -1.95. The van der Waals surface area contributed by atoms with E-state index in [0.29, 0.717) is 25.1 Å². The number of nitrogens with one attached hydrogen (secondary N) is 1. The van der Waals surface area contributed by atoms with Gasteiger partial charge in [0.2, 0.25) is 5.91 Å². The summed E-state index contributed by atoms with van der Waals surface area (Å²) in [7, 11) is 0. The molecule has 0 fully saturated rings. The van der Waals surface area contributed by atoms with Crippen LogP contribution in [0.25, 0.3) is 0 Å². The Labute approximate surface area is 166 Å². The van der Waals surface area contributed by atoms with Gasteiger partial charge in [-0.2, -0.15) is 0 Å². The van der Waals surface area contributed by atoms with Gasteiger partial charge >= 0.3 is 0 Å². The van der Waals surface area contributed by atoms with E-state index in [1.165, 1.54) is 11.3 Å². The molecule has 0 atom stereocenters. The largest absolute Gasteiger partial charge is 0.507 e. The first-order chi connectivity index (χ1) is 12.4. The van der Waals surface area contributed by atoms with Gasteiger partial charge in [-0.15, -0.1) is 10.2 Å². The molecule has 1 aromatic heterocycles. The zero-order valence-corrected chi connectivity index (χ0v) is 18.3. The Morgan fingerprint density at radius 3 is 2.07 bits per heavy atom. The molecule has 0 saturated heterocycles. The summed E-state index contributed by atoms with van der Waals surface area (Å²) in [6.45, 7) is 14.9. The van der Waals surface area contributed by atoms with Crippen LogP contribution in [0.1, 0.15) is 74.7 Å². The van der Waals surface area contributed by atoms with Gasteiger partial charge in [0.25, 0.3) is 0 Å². The third kappa shape index (κ3) is 5.76. The third-order valence-electron chi connectivity index (χ3n) is 4.43. The molecular weight excluding hydrogens is 358 g/mol. The van der Waals surface area contributed by atoms with Crippen LogP contribution in [0, 0.1) is 6.92 Å². The van der Waals surface area contributed by atoms with Gasteiger partial charge in [0.15, 0.2) is 0 Å². The van der Waals surface area contributed by atoms with Crippen LogP contribution in [0.2, 0.25) is 0 Å². The second-order valence-electron chi connectivity index (χ2n) is 9.03. The average molecular weight is 390 g/mol. The number of aromatic hydroxyl groups is 1. The number of hydrogen-bond donors (Lipinski definition) is 2. The molecule has 1 heterocycles. The molecule has 5 nitrogen and oxygen atoms in total. The van der Waals surface area contributed by atoms with Gasteiger partial charge in [-0.25, -0.2) is 0 Å². The van der Waals surface area contributed by atoms with Crippen LogP contribution in [-0.2, 0) is 28.6 Å². The fraction of sp³-hybridized carbons (Fsp3) is 0.571. The average Bonchev–Trinajstić information content (AvgIpc) is 2.95. The highest BCUT2D eigenvalue weighted by molar-refractivity contribution is 7.11. The number of aromatic nitrogens is 2. The van der Waals surface area contributed by atoms with Gasteiger partial charge in [0.05, 0.1) is 6.54 Å². The molecule has 2 aromatic rings. The first-order valence-electron chi connectivity index (χ1n) is 9.30. The molecule has 1 aromatic carbocycles. The van der Waals surface area contributed by atoms with Crippen LogP contribution in [0.5, 0.6) is 5.75 Å². The summed E-state index contributed by atoms with van der Waals surface area (Å²) in [5.41, 5.74) is 2.59. The number of benzene rings is 1. The van der Waals surface area contributed by atoms with E-state index in [4.69, 9.17) is 0 Å². The maximum atomic E-state index is 12.2. The Bertz CT molecular complexity index is 779. The second-order valence-corrected chi connectivity index (χ2v) is 10.3. The molecule has 0 bridgehead atoms. The first-order valence-corrected chi connectivity index (χ1v) is 10.1. The lowest BCUT2D eigenvalue weighted by Gasteiger charge is -2.28. The molecule has 27 heavy (non-hydrogen) atoms. The summed E-state index contributed by atoms with van der Waals surface area (Å²) < 4.78 is 0. The minimum Gasteiger partial charge on any atom is -0.507 e. The smallest absolute Gasteiger partial charge is 0.220 e. The van der Waals surface area contributed by atoms with Crippen LogP contribution in [0.15, 0.2) is 12.1 Å². The number of phenols is 1. The van der Waals surface area contributed by atoms with Crippen molar-refractivity contribution in [2.45, 2.75) is 78.7 Å². The maximum absolute atomic E-state index is 12.2. The molecule has 1 amide bonds. The number of nitrogens with zero attached hydrogens (tertiary/aromatic N) is 2. The Morgan fingerprint density at radius 1 is 1.07 bits per heavy atom. The number of carbonyl (C=O) groups excluding carboxylic acids is 1. The predicted octanol–water partition coefficient (Wildman–Crippen LogP) is 4.40. The molecule has 148 valence electrons. The summed E-state index contributed by atoms with van der Waals surface area (Å²) in [6.07, 6.45) is 1.03. The van der Waals surface area contributed by atoms with E-state index in [-0.39, 0.29) is 16.7 Å². The molecule has 2 rings (SSSR count). The lowest BCUT2D eigenvalue weighted by atomic mass is 9.78. The SMILES string of the molecule is Cc1nnc(CNC(=O)CCc2cc(C(C)(C)C)c(O)c(C(C)(C)C)c2)s1. The highest BCUT2D eigenvalue weighted by Gasteiger charge is 2.26. The number of carbonyl (C=O) groups is 1. The van der Waals surface area contributed by atoms with Gasteiger partial charge in [0, 0.05) is 6.42 Å². The topological polar surface area (TPSA) is 75.1 Å². The normalized spacial score (nSPS) is 12.3. The van der Waals surface area contributed by atoms with Crippen molar-refractivity contribution in [3.05, 3.63) is 38.8 Å². The van der Waals surface area contributed by atoms with Gasteiger partial charge in [0.1, 0.15) is 15.8 Å². The number of aryl methyl sites for hydroxylation is 2. The van der Waals surface area contributed by atoms with E-state index < -0.39 is 0 Å². The van der Waals surface area contributed by atoms with Crippen molar-refractivity contribution in [1.29, 1.82) is 0 Å². The van der Waals surface area contributed by atoms with Crippen molar-refractivity contribution < 1.29 is 9.90 Å². The van der Waals surface area contributed by atoms with Crippen molar-refractivity contribution in [2.24, 2.45) is 0 Å². The zero-order valence-electron chi connectivity index (χ0n) is 17.4. The van der Waals surface area contributed by atoms with Crippen LogP contribution >= 0.6 is 11.3 Å². The van der Waals surface area contributed by atoms with Crippen molar-refractivity contribution in [3.8, 4) is 5.75 Å². The van der Waals surface area contributed by atoms with E-state index >= 15 is 0 Å². The molecule has 0 aliphatic carbocycles. The standard InChI is InChI=1S/C21H31N3O2S/c1-13-23-24-18(27-13)12-22-17(25)9-8-14-10-15(20(2,3)4)19(26)16(11-14)21(5,6)7/h10-11,26H,8-9,12H2,1-7H3,(H,22,25). The third-order valence-corrected chi connectivity index (χ3v) is 5.27. The van der Waals surface area contributed by atoms with E-state index in [1.807, 2.05) is 19.1 Å². The molecule has 0 spiro atoms. The fourth-order valence-corrected chi connectivity index (χ4v) is 3.56. The first kappa shape index (κ1) is 21.4.